The number of ether oxygens (including phenoxy) is 2. The highest BCUT2D eigenvalue weighted by atomic mass is 35.5. The van der Waals surface area contributed by atoms with Gasteiger partial charge in [-0.15, -0.1) is 0 Å². The fraction of sp³-hybridized carbons (Fsp3) is 0.250. The van der Waals surface area contributed by atoms with Crippen LogP contribution in [0, 0.1) is 0 Å². The molecule has 5 nitrogen and oxygen atoms in total. The highest BCUT2D eigenvalue weighted by Gasteiger charge is 2.13. The number of esters is 1. The number of hydrogen-bond acceptors (Lipinski definition) is 5. The van der Waals surface area contributed by atoms with Gasteiger partial charge in [0.05, 0.1) is 19.4 Å². The first kappa shape index (κ1) is 16.1. The van der Waals surface area contributed by atoms with Crippen LogP contribution in [0.15, 0.2) is 36.5 Å². The summed E-state index contributed by atoms with van der Waals surface area (Å²) in [6, 6.07) is 9.25. The summed E-state index contributed by atoms with van der Waals surface area (Å²) in [7, 11) is 1.62. The summed E-state index contributed by atoms with van der Waals surface area (Å²) in [6.45, 7) is 2.60. The van der Waals surface area contributed by atoms with Crippen LogP contribution in [0.4, 0.5) is 5.69 Å². The molecule has 0 atom stereocenters. The Morgan fingerprint density at radius 2 is 2.05 bits per heavy atom. The number of nitrogens with zero attached hydrogens (tertiary/aromatic N) is 1. The summed E-state index contributed by atoms with van der Waals surface area (Å²) < 4.78 is 10.1. The molecule has 0 aliphatic heterocycles. The minimum absolute atomic E-state index is 0.305. The number of pyridine rings is 1. The lowest BCUT2D eigenvalue weighted by Gasteiger charge is -2.11. The number of rotatable bonds is 6. The molecular weight excluding hydrogens is 304 g/mol. The summed E-state index contributed by atoms with van der Waals surface area (Å²) in [5.74, 6) is 0.367. The molecule has 0 bridgehead atoms. The standard InChI is InChI=1S/C16H17ClN2O3/c1-3-22-16(20)13-10-19-15(17)8-14(13)18-9-11-4-6-12(21-2)7-5-11/h4-8,10H,3,9H2,1-2H3,(H,18,19). The number of carbonyl (C=O) groups excluding carboxylic acids is 1. The van der Waals surface area contributed by atoms with Gasteiger partial charge in [-0.25, -0.2) is 9.78 Å². The smallest absolute Gasteiger partial charge is 0.341 e. The molecule has 1 N–H and O–H groups in total. The first-order valence-electron chi connectivity index (χ1n) is 6.83. The van der Waals surface area contributed by atoms with Crippen LogP contribution in [0.1, 0.15) is 22.8 Å². The Bertz CT molecular complexity index is 644. The third-order valence-corrected chi connectivity index (χ3v) is 3.21. The fourth-order valence-electron chi connectivity index (χ4n) is 1.89. The fourth-order valence-corrected chi connectivity index (χ4v) is 2.05. The summed E-state index contributed by atoms with van der Waals surface area (Å²) in [5, 5.41) is 3.49. The van der Waals surface area contributed by atoms with Gasteiger partial charge in [0.25, 0.3) is 0 Å². The first-order chi connectivity index (χ1) is 10.6. The van der Waals surface area contributed by atoms with Crippen molar-refractivity contribution < 1.29 is 14.3 Å². The molecule has 2 aromatic rings. The molecule has 0 amide bonds. The van der Waals surface area contributed by atoms with E-state index in [-0.39, 0.29) is 0 Å². The average Bonchev–Trinajstić information content (AvgIpc) is 2.53. The van der Waals surface area contributed by atoms with Crippen molar-refractivity contribution in [1.29, 1.82) is 0 Å². The molecule has 0 fully saturated rings. The number of methoxy groups -OCH3 is 1. The predicted molar refractivity (Wildman–Crippen MR) is 85.5 cm³/mol. The molecule has 22 heavy (non-hydrogen) atoms. The zero-order valence-corrected chi connectivity index (χ0v) is 13.2. The molecule has 1 heterocycles. The van der Waals surface area contributed by atoms with E-state index < -0.39 is 5.97 Å². The van der Waals surface area contributed by atoms with E-state index in [0.717, 1.165) is 11.3 Å². The maximum absolute atomic E-state index is 11.9. The van der Waals surface area contributed by atoms with Gasteiger partial charge in [0, 0.05) is 12.7 Å². The lowest BCUT2D eigenvalue weighted by Crippen LogP contribution is -2.10. The second-order valence-corrected chi connectivity index (χ2v) is 4.86. The number of anilines is 1. The van der Waals surface area contributed by atoms with Gasteiger partial charge in [-0.2, -0.15) is 0 Å². The van der Waals surface area contributed by atoms with Gasteiger partial charge in [-0.1, -0.05) is 23.7 Å². The Hall–Kier alpha value is -2.27. The van der Waals surface area contributed by atoms with Crippen LogP contribution in [0.3, 0.4) is 0 Å². The molecule has 0 unspecified atom stereocenters. The van der Waals surface area contributed by atoms with Crippen LogP contribution in [-0.4, -0.2) is 24.7 Å². The molecule has 0 aliphatic rings. The number of carbonyl (C=O) groups is 1. The predicted octanol–water partition coefficient (Wildman–Crippen LogP) is 3.53. The average molecular weight is 321 g/mol. The van der Waals surface area contributed by atoms with E-state index in [0.29, 0.717) is 29.6 Å². The third kappa shape index (κ3) is 4.11. The molecular formula is C16H17ClN2O3. The van der Waals surface area contributed by atoms with Crippen molar-refractivity contribution >= 4 is 23.3 Å². The second kappa shape index (κ2) is 7.66. The summed E-state index contributed by atoms with van der Waals surface area (Å²) in [6.07, 6.45) is 1.41. The molecule has 0 aliphatic carbocycles. The Labute approximate surface area is 134 Å². The second-order valence-electron chi connectivity index (χ2n) is 4.47. The molecule has 1 aromatic heterocycles. The van der Waals surface area contributed by atoms with Crippen LogP contribution in [-0.2, 0) is 11.3 Å². The van der Waals surface area contributed by atoms with Crippen molar-refractivity contribution in [3.8, 4) is 5.75 Å². The van der Waals surface area contributed by atoms with E-state index >= 15 is 0 Å². The van der Waals surface area contributed by atoms with E-state index in [9.17, 15) is 4.79 Å². The highest BCUT2D eigenvalue weighted by Crippen LogP contribution is 2.21. The van der Waals surface area contributed by atoms with Gasteiger partial charge in [-0.05, 0) is 30.7 Å². The van der Waals surface area contributed by atoms with Gasteiger partial charge in [0.15, 0.2) is 0 Å². The van der Waals surface area contributed by atoms with Crippen molar-refractivity contribution in [2.75, 3.05) is 19.0 Å². The van der Waals surface area contributed by atoms with Crippen molar-refractivity contribution in [3.63, 3.8) is 0 Å². The minimum Gasteiger partial charge on any atom is -0.497 e. The first-order valence-corrected chi connectivity index (χ1v) is 7.21. The number of hydrogen-bond donors (Lipinski definition) is 1. The van der Waals surface area contributed by atoms with Crippen molar-refractivity contribution in [2.45, 2.75) is 13.5 Å². The SMILES string of the molecule is CCOC(=O)c1cnc(Cl)cc1NCc1ccc(OC)cc1. The topological polar surface area (TPSA) is 60.5 Å². The number of halogens is 1. The molecule has 116 valence electrons. The van der Waals surface area contributed by atoms with Crippen LogP contribution in [0.25, 0.3) is 0 Å². The largest absolute Gasteiger partial charge is 0.497 e. The zero-order chi connectivity index (χ0) is 15.9. The van der Waals surface area contributed by atoms with Crippen LogP contribution in [0.2, 0.25) is 5.15 Å². The highest BCUT2D eigenvalue weighted by molar-refractivity contribution is 6.29. The normalized spacial score (nSPS) is 10.1. The van der Waals surface area contributed by atoms with Gasteiger partial charge < -0.3 is 14.8 Å². The van der Waals surface area contributed by atoms with Crippen LogP contribution in [0.5, 0.6) is 5.75 Å². The van der Waals surface area contributed by atoms with Crippen LogP contribution < -0.4 is 10.1 Å². The van der Waals surface area contributed by atoms with Crippen LogP contribution >= 0.6 is 11.6 Å². The lowest BCUT2D eigenvalue weighted by molar-refractivity contribution is 0.0527. The van der Waals surface area contributed by atoms with Crippen molar-refractivity contribution in [2.24, 2.45) is 0 Å². The maximum atomic E-state index is 11.9. The van der Waals surface area contributed by atoms with Crippen molar-refractivity contribution in [3.05, 3.63) is 52.8 Å². The van der Waals surface area contributed by atoms with Crippen molar-refractivity contribution in [1.82, 2.24) is 4.98 Å². The Kier molecular flexibility index (Phi) is 5.61. The van der Waals surface area contributed by atoms with E-state index in [4.69, 9.17) is 21.1 Å². The Balaban J connectivity index is 2.13. The maximum Gasteiger partial charge on any atom is 0.341 e. The van der Waals surface area contributed by atoms with E-state index in [2.05, 4.69) is 10.3 Å². The number of benzene rings is 1. The lowest BCUT2D eigenvalue weighted by atomic mass is 10.2. The Morgan fingerprint density at radius 1 is 1.32 bits per heavy atom. The molecule has 0 saturated carbocycles. The molecule has 2 rings (SSSR count). The van der Waals surface area contributed by atoms with Gasteiger partial charge in [-0.3, -0.25) is 0 Å². The van der Waals surface area contributed by atoms with E-state index in [1.54, 1.807) is 20.1 Å². The summed E-state index contributed by atoms with van der Waals surface area (Å²) in [5.41, 5.74) is 2.00. The van der Waals surface area contributed by atoms with Gasteiger partial charge >= 0.3 is 5.97 Å². The van der Waals surface area contributed by atoms with Gasteiger partial charge in [0.1, 0.15) is 16.5 Å². The molecule has 6 heteroatoms. The quantitative estimate of drug-likeness (QED) is 0.651. The minimum atomic E-state index is -0.427. The third-order valence-electron chi connectivity index (χ3n) is 3.01. The Morgan fingerprint density at radius 3 is 2.68 bits per heavy atom. The summed E-state index contributed by atoms with van der Waals surface area (Å²) >= 11 is 5.90. The summed E-state index contributed by atoms with van der Waals surface area (Å²) in [4.78, 5) is 15.8. The molecule has 0 radical (unpaired) electrons. The molecule has 0 spiro atoms. The zero-order valence-electron chi connectivity index (χ0n) is 12.4. The molecule has 1 aromatic carbocycles. The molecule has 0 saturated heterocycles. The van der Waals surface area contributed by atoms with E-state index in [1.165, 1.54) is 6.20 Å². The number of nitrogens with one attached hydrogen (secondary N) is 1. The number of aromatic nitrogens is 1. The monoisotopic (exact) mass is 320 g/mol. The van der Waals surface area contributed by atoms with Gasteiger partial charge in [0.2, 0.25) is 0 Å². The van der Waals surface area contributed by atoms with E-state index in [1.807, 2.05) is 24.3 Å².